The van der Waals surface area contributed by atoms with Gasteiger partial charge in [0.2, 0.25) is 0 Å². The molecule has 0 N–H and O–H groups in total. The normalized spacial score (nSPS) is 15.2. The van der Waals surface area contributed by atoms with Crippen molar-refractivity contribution in [1.82, 2.24) is 0 Å². The first kappa shape index (κ1) is 6.38. The highest BCUT2D eigenvalue weighted by Crippen LogP contribution is 2.12. The SMILES string of the molecule is CC(C)CC1=C=CC=C1. The number of hydrogen-bond acceptors (Lipinski definition) is 0. The average Bonchev–Trinajstić information content (AvgIpc) is 2.15. The zero-order chi connectivity index (χ0) is 6.69. The lowest BCUT2D eigenvalue weighted by atomic mass is 10.1. The van der Waals surface area contributed by atoms with Crippen LogP contribution in [0.3, 0.4) is 0 Å². The van der Waals surface area contributed by atoms with E-state index in [9.17, 15) is 0 Å². The summed E-state index contributed by atoms with van der Waals surface area (Å²) in [6.45, 7) is 4.45. The van der Waals surface area contributed by atoms with E-state index in [1.54, 1.807) is 0 Å². The minimum absolute atomic E-state index is 0.753. The van der Waals surface area contributed by atoms with Gasteiger partial charge in [0.25, 0.3) is 0 Å². The molecule has 0 aromatic heterocycles. The second-order valence-corrected chi connectivity index (χ2v) is 2.79. The van der Waals surface area contributed by atoms with Crippen molar-refractivity contribution in [2.75, 3.05) is 0 Å². The van der Waals surface area contributed by atoms with Gasteiger partial charge < -0.3 is 0 Å². The summed E-state index contributed by atoms with van der Waals surface area (Å²) in [5.41, 5.74) is 4.51. The highest BCUT2D eigenvalue weighted by Gasteiger charge is 1.97. The molecule has 0 unspecified atom stereocenters. The Bertz CT molecular complexity index is 176. The third-order valence-electron chi connectivity index (χ3n) is 1.29. The minimum Gasteiger partial charge on any atom is -0.117 e. The molecule has 0 nitrogen and oxygen atoms in total. The van der Waals surface area contributed by atoms with E-state index >= 15 is 0 Å². The molecule has 0 spiro atoms. The average molecular weight is 120 g/mol. The maximum absolute atomic E-state index is 3.17. The van der Waals surface area contributed by atoms with Crippen molar-refractivity contribution < 1.29 is 0 Å². The summed E-state index contributed by atoms with van der Waals surface area (Å²) in [5.74, 6) is 0.753. The van der Waals surface area contributed by atoms with E-state index in [4.69, 9.17) is 0 Å². The maximum Gasteiger partial charge on any atom is -0.00576 e. The molecule has 48 valence electrons. The van der Waals surface area contributed by atoms with Crippen LogP contribution in [-0.2, 0) is 0 Å². The molecule has 1 rings (SSSR count). The summed E-state index contributed by atoms with van der Waals surface area (Å²) >= 11 is 0. The molecule has 0 saturated heterocycles. The Labute approximate surface area is 56.6 Å². The molecule has 0 bridgehead atoms. The zero-order valence-electron chi connectivity index (χ0n) is 6.02. The van der Waals surface area contributed by atoms with Gasteiger partial charge in [-0.05, 0) is 24.0 Å². The Morgan fingerprint density at radius 1 is 1.56 bits per heavy atom. The van der Waals surface area contributed by atoms with Gasteiger partial charge in [-0.1, -0.05) is 26.0 Å². The van der Waals surface area contributed by atoms with E-state index < -0.39 is 0 Å². The maximum atomic E-state index is 3.17. The zero-order valence-corrected chi connectivity index (χ0v) is 6.02. The second-order valence-electron chi connectivity index (χ2n) is 2.79. The molecule has 0 heteroatoms. The summed E-state index contributed by atoms with van der Waals surface area (Å²) in [6.07, 6.45) is 7.29. The van der Waals surface area contributed by atoms with Crippen molar-refractivity contribution >= 4 is 0 Å². The molecule has 0 amide bonds. The largest absolute Gasteiger partial charge is 0.117 e. The third-order valence-corrected chi connectivity index (χ3v) is 1.29. The highest BCUT2D eigenvalue weighted by molar-refractivity contribution is 5.28. The molecular weight excluding hydrogens is 108 g/mol. The molecule has 0 heterocycles. The summed E-state index contributed by atoms with van der Waals surface area (Å²) in [6, 6.07) is 0. The molecule has 9 heavy (non-hydrogen) atoms. The van der Waals surface area contributed by atoms with Gasteiger partial charge in [0, 0.05) is 0 Å². The van der Waals surface area contributed by atoms with Gasteiger partial charge in [-0.15, -0.1) is 5.73 Å². The lowest BCUT2D eigenvalue weighted by Gasteiger charge is -1.99. The van der Waals surface area contributed by atoms with E-state index in [2.05, 4.69) is 25.7 Å². The van der Waals surface area contributed by atoms with Gasteiger partial charge in [-0.2, -0.15) is 0 Å². The summed E-state index contributed by atoms with van der Waals surface area (Å²) in [5, 5.41) is 0. The topological polar surface area (TPSA) is 0 Å². The van der Waals surface area contributed by atoms with E-state index in [0.717, 1.165) is 12.3 Å². The van der Waals surface area contributed by atoms with Gasteiger partial charge in [0.1, 0.15) is 0 Å². The number of allylic oxidation sites excluding steroid dienone is 3. The van der Waals surface area contributed by atoms with Crippen LogP contribution in [0.1, 0.15) is 20.3 Å². The third kappa shape index (κ3) is 1.91. The molecule has 1 aliphatic rings. The quantitative estimate of drug-likeness (QED) is 0.491. The standard InChI is InChI=1S/C9H12/c1-8(2)7-9-5-3-4-6-9/h3-5,8H,7H2,1-2H3. The van der Waals surface area contributed by atoms with Crippen LogP contribution in [0, 0.1) is 5.92 Å². The van der Waals surface area contributed by atoms with E-state index in [-0.39, 0.29) is 0 Å². The van der Waals surface area contributed by atoms with Crippen LogP contribution < -0.4 is 0 Å². The Kier molecular flexibility index (Phi) is 1.92. The molecular formula is C9H12. The van der Waals surface area contributed by atoms with Crippen LogP contribution in [0.4, 0.5) is 0 Å². The summed E-state index contributed by atoms with van der Waals surface area (Å²) < 4.78 is 0. The van der Waals surface area contributed by atoms with Crippen LogP contribution in [-0.4, -0.2) is 0 Å². The Balaban J connectivity index is 2.46. The summed E-state index contributed by atoms with van der Waals surface area (Å²) in [4.78, 5) is 0. The Morgan fingerprint density at radius 3 is 2.78 bits per heavy atom. The lowest BCUT2D eigenvalue weighted by Crippen LogP contribution is -1.86. The van der Waals surface area contributed by atoms with E-state index in [0.29, 0.717) is 0 Å². The van der Waals surface area contributed by atoms with Crippen molar-refractivity contribution in [3.8, 4) is 0 Å². The second kappa shape index (κ2) is 2.70. The lowest BCUT2D eigenvalue weighted by molar-refractivity contribution is 0.651. The van der Waals surface area contributed by atoms with Gasteiger partial charge in [-0.3, -0.25) is 0 Å². The molecule has 0 aromatic carbocycles. The molecule has 0 saturated carbocycles. The van der Waals surface area contributed by atoms with Crippen molar-refractivity contribution in [3.05, 3.63) is 29.5 Å². The van der Waals surface area contributed by atoms with E-state index in [1.807, 2.05) is 12.2 Å². The van der Waals surface area contributed by atoms with Crippen LogP contribution in [0.25, 0.3) is 0 Å². The molecule has 0 radical (unpaired) electrons. The summed E-state index contributed by atoms with van der Waals surface area (Å²) in [7, 11) is 0. The molecule has 0 atom stereocenters. The first-order valence-electron chi connectivity index (χ1n) is 3.41. The Hall–Kier alpha value is -0.740. The molecule has 1 aliphatic carbocycles. The first-order valence-corrected chi connectivity index (χ1v) is 3.41. The highest BCUT2D eigenvalue weighted by atomic mass is 14.0. The van der Waals surface area contributed by atoms with Crippen LogP contribution in [0.2, 0.25) is 0 Å². The molecule has 0 aromatic rings. The van der Waals surface area contributed by atoms with Crippen LogP contribution >= 0.6 is 0 Å². The first-order chi connectivity index (χ1) is 4.29. The van der Waals surface area contributed by atoms with E-state index in [1.165, 1.54) is 5.57 Å². The Morgan fingerprint density at radius 2 is 2.33 bits per heavy atom. The molecule has 0 fully saturated rings. The van der Waals surface area contributed by atoms with Crippen molar-refractivity contribution in [1.29, 1.82) is 0 Å². The predicted molar refractivity (Wildman–Crippen MR) is 40.2 cm³/mol. The number of rotatable bonds is 2. The van der Waals surface area contributed by atoms with Crippen LogP contribution in [0.15, 0.2) is 29.5 Å². The van der Waals surface area contributed by atoms with Crippen molar-refractivity contribution in [3.63, 3.8) is 0 Å². The fourth-order valence-electron chi connectivity index (χ4n) is 0.934. The smallest absolute Gasteiger partial charge is 0.00576 e. The predicted octanol–water partition coefficient (Wildman–Crippen LogP) is 2.68. The van der Waals surface area contributed by atoms with Crippen LogP contribution in [0.5, 0.6) is 0 Å². The van der Waals surface area contributed by atoms with Gasteiger partial charge in [0.15, 0.2) is 0 Å². The van der Waals surface area contributed by atoms with Crippen molar-refractivity contribution in [2.24, 2.45) is 5.92 Å². The monoisotopic (exact) mass is 120 g/mol. The fraction of sp³-hybridized carbons (Fsp3) is 0.444. The number of hydrogen-bond donors (Lipinski definition) is 0. The molecule has 0 aliphatic heterocycles. The van der Waals surface area contributed by atoms with Gasteiger partial charge >= 0.3 is 0 Å². The van der Waals surface area contributed by atoms with Gasteiger partial charge in [0.05, 0.1) is 0 Å². The fourth-order valence-corrected chi connectivity index (χ4v) is 0.934. The van der Waals surface area contributed by atoms with Crippen molar-refractivity contribution in [2.45, 2.75) is 20.3 Å². The minimum atomic E-state index is 0.753. The van der Waals surface area contributed by atoms with Gasteiger partial charge in [-0.25, -0.2) is 0 Å².